The number of carbonyl (C=O) groups excluding carboxylic acids is 1. The molecule has 1 aromatic carbocycles. The lowest BCUT2D eigenvalue weighted by Gasteiger charge is -2.32. The van der Waals surface area contributed by atoms with Gasteiger partial charge in [-0.05, 0) is 43.9 Å². The predicted octanol–water partition coefficient (Wildman–Crippen LogP) is 3.46. The van der Waals surface area contributed by atoms with Gasteiger partial charge in [0.05, 0.1) is 5.92 Å². The minimum absolute atomic E-state index is 0.165. The van der Waals surface area contributed by atoms with E-state index in [9.17, 15) is 14.7 Å². The lowest BCUT2D eigenvalue weighted by atomic mass is 9.94. The van der Waals surface area contributed by atoms with E-state index in [1.54, 1.807) is 4.90 Å². The Bertz CT molecular complexity index is 673. The van der Waals surface area contributed by atoms with E-state index >= 15 is 0 Å². The molecule has 1 aliphatic heterocycles. The molecule has 1 heterocycles. The number of nitrogens with zero attached hydrogens (tertiary/aromatic N) is 2. The Labute approximate surface area is 167 Å². The monoisotopic (exact) mass is 387 g/mol. The minimum atomic E-state index is -0.811. The van der Waals surface area contributed by atoms with E-state index in [1.165, 1.54) is 37.7 Å². The van der Waals surface area contributed by atoms with Gasteiger partial charge in [0.1, 0.15) is 0 Å². The molecule has 1 aromatic rings. The van der Waals surface area contributed by atoms with Crippen LogP contribution in [-0.2, 0) is 17.9 Å². The fraction of sp³-hybridized carbons (Fsp3) is 0.636. The first kappa shape index (κ1) is 20.6. The maximum absolute atomic E-state index is 12.5. The molecule has 2 amide bonds. The van der Waals surface area contributed by atoms with Crippen LogP contribution in [0.25, 0.3) is 0 Å². The van der Waals surface area contributed by atoms with Gasteiger partial charge in [0.25, 0.3) is 0 Å². The number of carboxylic acid groups (broad SMARTS) is 1. The van der Waals surface area contributed by atoms with Gasteiger partial charge in [0.15, 0.2) is 0 Å². The van der Waals surface area contributed by atoms with Gasteiger partial charge in [-0.2, -0.15) is 0 Å². The van der Waals surface area contributed by atoms with Gasteiger partial charge in [-0.15, -0.1) is 0 Å². The molecular formula is C22H33N3O3. The summed E-state index contributed by atoms with van der Waals surface area (Å²) in [6, 6.07) is 8.76. The highest BCUT2D eigenvalue weighted by atomic mass is 16.4. The molecule has 1 aliphatic carbocycles. The van der Waals surface area contributed by atoms with E-state index in [2.05, 4.69) is 35.5 Å². The molecule has 154 valence electrons. The van der Waals surface area contributed by atoms with Crippen molar-refractivity contribution >= 4 is 12.0 Å². The molecule has 1 unspecified atom stereocenters. The quantitative estimate of drug-likeness (QED) is 0.784. The summed E-state index contributed by atoms with van der Waals surface area (Å²) in [7, 11) is 2.20. The van der Waals surface area contributed by atoms with Crippen LogP contribution in [0.2, 0.25) is 0 Å². The molecule has 2 N–H and O–H groups in total. The van der Waals surface area contributed by atoms with Gasteiger partial charge >= 0.3 is 12.0 Å². The molecule has 0 aromatic heterocycles. The summed E-state index contributed by atoms with van der Waals surface area (Å²) in [6.45, 7) is 2.29. The second kappa shape index (κ2) is 9.92. The third-order valence-corrected chi connectivity index (χ3v) is 6.22. The van der Waals surface area contributed by atoms with Crippen LogP contribution in [0.3, 0.4) is 0 Å². The molecule has 3 rings (SSSR count). The van der Waals surface area contributed by atoms with E-state index in [1.807, 2.05) is 6.07 Å². The minimum Gasteiger partial charge on any atom is -0.481 e. The number of rotatable bonds is 6. The number of urea groups is 1. The zero-order valence-electron chi connectivity index (χ0n) is 16.9. The van der Waals surface area contributed by atoms with Crippen molar-refractivity contribution in [1.82, 2.24) is 15.1 Å². The molecule has 6 heteroatoms. The number of nitrogens with one attached hydrogen (secondary N) is 1. The first-order valence-corrected chi connectivity index (χ1v) is 10.6. The number of aliphatic carboxylic acids is 1. The number of hydrogen-bond donors (Lipinski definition) is 2. The van der Waals surface area contributed by atoms with Crippen molar-refractivity contribution in [3.8, 4) is 0 Å². The van der Waals surface area contributed by atoms with Crippen molar-refractivity contribution in [2.75, 3.05) is 20.1 Å². The van der Waals surface area contributed by atoms with Crippen molar-refractivity contribution in [3.05, 3.63) is 35.4 Å². The van der Waals surface area contributed by atoms with Crippen molar-refractivity contribution in [2.24, 2.45) is 5.92 Å². The average Bonchev–Trinajstić information content (AvgIpc) is 2.73. The fourth-order valence-electron chi connectivity index (χ4n) is 4.45. The summed E-state index contributed by atoms with van der Waals surface area (Å²) >= 11 is 0. The van der Waals surface area contributed by atoms with Crippen LogP contribution in [0.15, 0.2) is 24.3 Å². The standard InChI is InChI=1S/C22H33N3O3/c1-24(20-11-3-2-4-12-20)15-18-9-6-5-8-17(18)14-23-22(28)25-13-7-10-19(16-25)21(26)27/h5-6,8-9,19-20H,2-4,7,10-16H2,1H3,(H,23,28)(H,26,27). The van der Waals surface area contributed by atoms with E-state index in [0.29, 0.717) is 32.1 Å². The fourth-order valence-corrected chi connectivity index (χ4v) is 4.45. The van der Waals surface area contributed by atoms with Crippen molar-refractivity contribution in [1.29, 1.82) is 0 Å². The summed E-state index contributed by atoms with van der Waals surface area (Å²) in [5.74, 6) is -1.26. The second-order valence-electron chi connectivity index (χ2n) is 8.26. The number of likely N-dealkylation sites (tertiary alicyclic amines) is 1. The van der Waals surface area contributed by atoms with Crippen molar-refractivity contribution in [2.45, 2.75) is 64.1 Å². The summed E-state index contributed by atoms with van der Waals surface area (Å²) in [5.41, 5.74) is 2.38. The Morgan fingerprint density at radius 3 is 2.54 bits per heavy atom. The third-order valence-electron chi connectivity index (χ3n) is 6.22. The number of amides is 2. The largest absolute Gasteiger partial charge is 0.481 e. The van der Waals surface area contributed by atoms with Crippen LogP contribution in [0.1, 0.15) is 56.1 Å². The van der Waals surface area contributed by atoms with E-state index < -0.39 is 11.9 Å². The lowest BCUT2D eigenvalue weighted by Crippen LogP contribution is -2.46. The van der Waals surface area contributed by atoms with Crippen LogP contribution in [-0.4, -0.2) is 53.1 Å². The topological polar surface area (TPSA) is 72.9 Å². The molecule has 1 saturated heterocycles. The van der Waals surface area contributed by atoms with Crippen LogP contribution in [0.4, 0.5) is 4.79 Å². The van der Waals surface area contributed by atoms with Crippen molar-refractivity contribution in [3.63, 3.8) is 0 Å². The molecular weight excluding hydrogens is 354 g/mol. The summed E-state index contributed by atoms with van der Waals surface area (Å²) in [4.78, 5) is 27.8. The highest BCUT2D eigenvalue weighted by molar-refractivity contribution is 5.76. The van der Waals surface area contributed by atoms with Gasteiger partial charge < -0.3 is 15.3 Å². The van der Waals surface area contributed by atoms with E-state index in [0.717, 1.165) is 18.5 Å². The van der Waals surface area contributed by atoms with Gasteiger partial charge in [0, 0.05) is 32.2 Å². The molecule has 0 radical (unpaired) electrons. The van der Waals surface area contributed by atoms with Crippen molar-refractivity contribution < 1.29 is 14.7 Å². The average molecular weight is 388 g/mol. The molecule has 0 bridgehead atoms. The van der Waals surface area contributed by atoms with Crippen LogP contribution < -0.4 is 5.32 Å². The Morgan fingerprint density at radius 1 is 1.11 bits per heavy atom. The number of carbonyl (C=O) groups is 2. The van der Waals surface area contributed by atoms with E-state index in [-0.39, 0.29) is 6.03 Å². The van der Waals surface area contributed by atoms with Gasteiger partial charge in [-0.3, -0.25) is 9.69 Å². The first-order valence-electron chi connectivity index (χ1n) is 10.6. The second-order valence-corrected chi connectivity index (χ2v) is 8.26. The zero-order valence-corrected chi connectivity index (χ0v) is 16.9. The number of piperidine rings is 1. The van der Waals surface area contributed by atoms with Crippen LogP contribution in [0, 0.1) is 5.92 Å². The summed E-state index contributed by atoms with van der Waals surface area (Å²) in [6.07, 6.45) is 7.93. The molecule has 2 fully saturated rings. The van der Waals surface area contributed by atoms with Crippen LogP contribution in [0.5, 0.6) is 0 Å². The number of hydrogen-bond acceptors (Lipinski definition) is 3. The molecule has 28 heavy (non-hydrogen) atoms. The highest BCUT2D eigenvalue weighted by Gasteiger charge is 2.28. The molecule has 0 spiro atoms. The molecule has 1 saturated carbocycles. The Balaban J connectivity index is 1.55. The molecule has 2 aliphatic rings. The number of benzene rings is 1. The van der Waals surface area contributed by atoms with E-state index in [4.69, 9.17) is 0 Å². The maximum Gasteiger partial charge on any atom is 0.317 e. The maximum atomic E-state index is 12.5. The normalized spacial score (nSPS) is 20.9. The Hall–Kier alpha value is -2.08. The molecule has 6 nitrogen and oxygen atoms in total. The lowest BCUT2D eigenvalue weighted by molar-refractivity contribution is -0.143. The smallest absolute Gasteiger partial charge is 0.317 e. The first-order chi connectivity index (χ1) is 13.5. The Kier molecular flexibility index (Phi) is 7.31. The predicted molar refractivity (Wildman–Crippen MR) is 109 cm³/mol. The zero-order chi connectivity index (χ0) is 19.9. The van der Waals surface area contributed by atoms with Gasteiger partial charge in [-0.25, -0.2) is 4.79 Å². The highest BCUT2D eigenvalue weighted by Crippen LogP contribution is 2.23. The third kappa shape index (κ3) is 5.47. The summed E-state index contributed by atoms with van der Waals surface area (Å²) in [5, 5.41) is 12.2. The SMILES string of the molecule is CN(Cc1ccccc1CNC(=O)N1CCCC(C(=O)O)C1)C1CCCCC1. The van der Waals surface area contributed by atoms with Gasteiger partial charge in [0.2, 0.25) is 0 Å². The molecule has 1 atom stereocenters. The summed E-state index contributed by atoms with van der Waals surface area (Å²) < 4.78 is 0. The number of carboxylic acids is 1. The van der Waals surface area contributed by atoms with Crippen LogP contribution >= 0.6 is 0 Å². The Morgan fingerprint density at radius 2 is 1.82 bits per heavy atom. The van der Waals surface area contributed by atoms with Gasteiger partial charge in [-0.1, -0.05) is 43.5 Å².